The van der Waals surface area contributed by atoms with Gasteiger partial charge in [-0.05, 0) is 41.4 Å². The maximum Gasteiger partial charge on any atom is 0.0647 e. The molecular weight excluding hydrogens is 262 g/mol. The molecule has 0 fully saturated rings. The first-order valence-corrected chi connectivity index (χ1v) is 8.27. The highest BCUT2D eigenvalue weighted by molar-refractivity contribution is 7.87. The Labute approximate surface area is 124 Å². The minimum absolute atomic E-state index is 0.183. The monoisotopic (exact) mass is 283 g/mol. The summed E-state index contributed by atoms with van der Waals surface area (Å²) < 4.78 is 4.88. The predicted octanol–water partition coefficient (Wildman–Crippen LogP) is 5.26. The molecule has 1 nitrogen and oxygen atoms in total. The standard InChI is InChI=1S/C18H21NS/c1-2-3-4-11-16-19-20(17-12-7-5-8-13-17)18-14-9-6-10-15-18/h4-15H,2-3,16H2,1H3/b11-4+. The lowest BCUT2D eigenvalue weighted by Crippen LogP contribution is -1.93. The Morgan fingerprint density at radius 2 is 1.40 bits per heavy atom. The van der Waals surface area contributed by atoms with E-state index in [4.69, 9.17) is 4.36 Å². The largest absolute Gasteiger partial charge is 0.251 e. The first kappa shape index (κ1) is 14.7. The molecule has 2 rings (SSSR count). The summed E-state index contributed by atoms with van der Waals surface area (Å²) in [6, 6.07) is 21.1. The van der Waals surface area contributed by atoms with Crippen molar-refractivity contribution in [1.82, 2.24) is 0 Å². The molecule has 2 heteroatoms. The maximum absolute atomic E-state index is 4.88. The second kappa shape index (κ2) is 8.49. The molecule has 0 saturated heterocycles. The van der Waals surface area contributed by atoms with Gasteiger partial charge in [-0.3, -0.25) is 4.36 Å². The quantitative estimate of drug-likeness (QED) is 0.641. The van der Waals surface area contributed by atoms with E-state index in [2.05, 4.69) is 79.7 Å². The van der Waals surface area contributed by atoms with Gasteiger partial charge in [0, 0.05) is 9.79 Å². The van der Waals surface area contributed by atoms with E-state index in [1.807, 2.05) is 0 Å². The van der Waals surface area contributed by atoms with Gasteiger partial charge in [0.15, 0.2) is 0 Å². The number of rotatable bonds is 6. The highest BCUT2D eigenvalue weighted by Gasteiger charge is 2.02. The van der Waals surface area contributed by atoms with Crippen LogP contribution in [0.1, 0.15) is 19.8 Å². The lowest BCUT2D eigenvalue weighted by molar-refractivity contribution is 0.954. The average molecular weight is 283 g/mol. The molecule has 20 heavy (non-hydrogen) atoms. The van der Waals surface area contributed by atoms with Crippen molar-refractivity contribution >= 4 is 10.7 Å². The van der Waals surface area contributed by atoms with Crippen molar-refractivity contribution in [2.24, 2.45) is 4.36 Å². The SMILES string of the molecule is CCC/C=C/CN=S(c1ccccc1)c1ccccc1. The van der Waals surface area contributed by atoms with E-state index in [1.54, 1.807) is 0 Å². The van der Waals surface area contributed by atoms with Crippen LogP contribution in [0, 0.1) is 0 Å². The minimum atomic E-state index is -0.183. The molecule has 2 aromatic carbocycles. The number of hydrogen-bond acceptors (Lipinski definition) is 1. The minimum Gasteiger partial charge on any atom is -0.251 e. The second-order valence-electron chi connectivity index (χ2n) is 4.48. The summed E-state index contributed by atoms with van der Waals surface area (Å²) >= 11 is 0. The molecule has 0 radical (unpaired) electrons. The molecule has 104 valence electrons. The van der Waals surface area contributed by atoms with Crippen molar-refractivity contribution in [2.45, 2.75) is 29.6 Å². The second-order valence-corrected chi connectivity index (χ2v) is 6.25. The van der Waals surface area contributed by atoms with Gasteiger partial charge >= 0.3 is 0 Å². The number of hydrogen-bond donors (Lipinski definition) is 0. The van der Waals surface area contributed by atoms with Crippen LogP contribution in [0.5, 0.6) is 0 Å². The van der Waals surface area contributed by atoms with Gasteiger partial charge in [-0.15, -0.1) is 0 Å². The van der Waals surface area contributed by atoms with Crippen molar-refractivity contribution < 1.29 is 0 Å². The van der Waals surface area contributed by atoms with Crippen LogP contribution in [0.25, 0.3) is 0 Å². The molecule has 0 aromatic heterocycles. The molecule has 0 N–H and O–H groups in total. The zero-order chi connectivity index (χ0) is 14.0. The van der Waals surface area contributed by atoms with Crippen molar-refractivity contribution in [3.63, 3.8) is 0 Å². The predicted molar refractivity (Wildman–Crippen MR) is 88.1 cm³/mol. The van der Waals surface area contributed by atoms with Gasteiger partial charge in [0.25, 0.3) is 0 Å². The first-order chi connectivity index (χ1) is 9.92. The van der Waals surface area contributed by atoms with Gasteiger partial charge in [-0.25, -0.2) is 0 Å². The number of allylic oxidation sites excluding steroid dienone is 1. The molecular formula is C18H21NS. The van der Waals surface area contributed by atoms with Gasteiger partial charge in [-0.1, -0.05) is 61.9 Å². The lowest BCUT2D eigenvalue weighted by atomic mass is 10.3. The molecule has 0 amide bonds. The molecule has 0 aliphatic heterocycles. The normalized spacial score (nSPS) is 11.1. The Hall–Kier alpha value is -1.67. The Morgan fingerprint density at radius 3 is 1.90 bits per heavy atom. The van der Waals surface area contributed by atoms with E-state index in [-0.39, 0.29) is 10.7 Å². The van der Waals surface area contributed by atoms with Gasteiger partial charge in [0.05, 0.1) is 6.54 Å². The molecule has 0 unspecified atom stereocenters. The Kier molecular flexibility index (Phi) is 6.25. The van der Waals surface area contributed by atoms with Crippen LogP contribution in [-0.4, -0.2) is 6.54 Å². The fraction of sp³-hybridized carbons (Fsp3) is 0.222. The number of unbranched alkanes of at least 4 members (excludes halogenated alkanes) is 1. The van der Waals surface area contributed by atoms with Crippen LogP contribution < -0.4 is 0 Å². The Balaban J connectivity index is 2.24. The highest BCUT2D eigenvalue weighted by atomic mass is 32.2. The van der Waals surface area contributed by atoms with Gasteiger partial charge < -0.3 is 0 Å². The van der Waals surface area contributed by atoms with E-state index < -0.39 is 0 Å². The summed E-state index contributed by atoms with van der Waals surface area (Å²) in [7, 11) is -0.183. The zero-order valence-corrected chi connectivity index (χ0v) is 12.7. The third-order valence-electron chi connectivity index (χ3n) is 2.86. The molecule has 0 saturated carbocycles. The number of nitrogens with zero attached hydrogens (tertiary/aromatic N) is 1. The Bertz CT molecular complexity index is 517. The summed E-state index contributed by atoms with van der Waals surface area (Å²) in [5.41, 5.74) is 0. The van der Waals surface area contributed by atoms with E-state index in [0.717, 1.165) is 13.0 Å². The summed E-state index contributed by atoms with van der Waals surface area (Å²) in [6.45, 7) is 2.98. The Morgan fingerprint density at radius 1 is 0.850 bits per heavy atom. The fourth-order valence-corrected chi connectivity index (χ4v) is 3.50. The van der Waals surface area contributed by atoms with E-state index in [9.17, 15) is 0 Å². The molecule has 0 bridgehead atoms. The topological polar surface area (TPSA) is 12.4 Å². The molecule has 0 aliphatic carbocycles. The van der Waals surface area contributed by atoms with Crippen LogP contribution in [-0.2, 0) is 10.7 Å². The van der Waals surface area contributed by atoms with Crippen molar-refractivity contribution in [3.8, 4) is 0 Å². The van der Waals surface area contributed by atoms with E-state index >= 15 is 0 Å². The maximum atomic E-state index is 4.88. The first-order valence-electron chi connectivity index (χ1n) is 7.09. The fourth-order valence-electron chi connectivity index (χ4n) is 1.86. The molecule has 0 heterocycles. The third kappa shape index (κ3) is 4.46. The molecule has 2 aromatic rings. The van der Waals surface area contributed by atoms with E-state index in [0.29, 0.717) is 0 Å². The van der Waals surface area contributed by atoms with Crippen LogP contribution >= 0.6 is 0 Å². The summed E-state index contributed by atoms with van der Waals surface area (Å²) in [5.74, 6) is 0. The van der Waals surface area contributed by atoms with Crippen molar-refractivity contribution in [1.29, 1.82) is 0 Å². The van der Waals surface area contributed by atoms with Crippen LogP contribution in [0.4, 0.5) is 0 Å². The highest BCUT2D eigenvalue weighted by Crippen LogP contribution is 2.18. The third-order valence-corrected chi connectivity index (χ3v) is 4.71. The van der Waals surface area contributed by atoms with Gasteiger partial charge in [-0.2, -0.15) is 0 Å². The van der Waals surface area contributed by atoms with Gasteiger partial charge in [0.1, 0.15) is 0 Å². The smallest absolute Gasteiger partial charge is 0.0647 e. The summed E-state index contributed by atoms with van der Waals surface area (Å²) in [4.78, 5) is 2.56. The summed E-state index contributed by atoms with van der Waals surface area (Å²) in [5, 5.41) is 0. The average Bonchev–Trinajstić information content (AvgIpc) is 2.53. The summed E-state index contributed by atoms with van der Waals surface area (Å²) in [6.07, 6.45) is 6.73. The van der Waals surface area contributed by atoms with Crippen LogP contribution in [0.15, 0.2) is 87.0 Å². The lowest BCUT2D eigenvalue weighted by Gasteiger charge is -2.08. The van der Waals surface area contributed by atoms with Crippen molar-refractivity contribution in [2.75, 3.05) is 6.54 Å². The van der Waals surface area contributed by atoms with E-state index in [1.165, 1.54) is 16.2 Å². The van der Waals surface area contributed by atoms with Crippen LogP contribution in [0.2, 0.25) is 0 Å². The van der Waals surface area contributed by atoms with Crippen LogP contribution in [0.3, 0.4) is 0 Å². The molecule has 0 atom stereocenters. The van der Waals surface area contributed by atoms with Crippen molar-refractivity contribution in [3.05, 3.63) is 72.8 Å². The molecule has 0 spiro atoms. The number of benzene rings is 2. The zero-order valence-electron chi connectivity index (χ0n) is 11.9. The molecule has 0 aliphatic rings. The van der Waals surface area contributed by atoms with Gasteiger partial charge in [0.2, 0.25) is 0 Å².